The maximum absolute atomic E-state index is 12.9. The second-order valence-corrected chi connectivity index (χ2v) is 7.16. The minimum atomic E-state index is -5.07. The fourth-order valence-electron chi connectivity index (χ4n) is 2.47. The number of carbonyl (C=O) groups excluding carboxylic acids is 2. The lowest BCUT2D eigenvalue weighted by molar-refractivity contribution is -0.143. The molecule has 0 unspecified atom stereocenters. The van der Waals surface area contributed by atoms with E-state index in [0.717, 1.165) is 0 Å². The zero-order chi connectivity index (χ0) is 24.3. The van der Waals surface area contributed by atoms with E-state index in [1.165, 1.54) is 13.8 Å². The molecule has 0 bridgehead atoms. The van der Waals surface area contributed by atoms with Gasteiger partial charge in [-0.25, -0.2) is 9.59 Å². The number of amides is 1. The molecule has 0 aliphatic carbocycles. The SMILES string of the molecule is CCOC(=O)c1c(SCC(=O)Nc2cc(C(F)(F)F)cc(C(F)(F)F)c2)nc(=O)[nH]c1C. The molecule has 0 saturated carbocycles. The zero-order valence-electron chi connectivity index (χ0n) is 16.4. The van der Waals surface area contributed by atoms with E-state index in [4.69, 9.17) is 4.74 Å². The van der Waals surface area contributed by atoms with Crippen molar-refractivity contribution in [3.63, 3.8) is 0 Å². The van der Waals surface area contributed by atoms with Crippen molar-refractivity contribution < 1.29 is 40.7 Å². The lowest BCUT2D eigenvalue weighted by atomic mass is 10.1. The van der Waals surface area contributed by atoms with Gasteiger partial charge in [-0.05, 0) is 32.0 Å². The quantitative estimate of drug-likeness (QED) is 0.279. The number of anilines is 1. The molecule has 1 heterocycles. The van der Waals surface area contributed by atoms with Crippen LogP contribution in [0, 0.1) is 6.92 Å². The van der Waals surface area contributed by atoms with Crippen molar-refractivity contribution in [1.29, 1.82) is 0 Å². The van der Waals surface area contributed by atoms with E-state index in [2.05, 4.69) is 9.97 Å². The van der Waals surface area contributed by atoms with Crippen molar-refractivity contribution in [2.75, 3.05) is 17.7 Å². The van der Waals surface area contributed by atoms with Crippen LogP contribution in [0.2, 0.25) is 0 Å². The van der Waals surface area contributed by atoms with Crippen LogP contribution in [-0.2, 0) is 21.9 Å². The van der Waals surface area contributed by atoms with Crippen molar-refractivity contribution in [3.8, 4) is 0 Å². The minimum Gasteiger partial charge on any atom is -0.462 e. The Balaban J connectivity index is 2.26. The van der Waals surface area contributed by atoms with Gasteiger partial charge in [0.1, 0.15) is 10.6 Å². The Morgan fingerprint density at radius 2 is 1.66 bits per heavy atom. The number of aromatic nitrogens is 2. The van der Waals surface area contributed by atoms with E-state index in [-0.39, 0.29) is 29.0 Å². The molecule has 1 amide bonds. The van der Waals surface area contributed by atoms with Crippen LogP contribution < -0.4 is 11.0 Å². The highest BCUT2D eigenvalue weighted by Gasteiger charge is 2.37. The standard InChI is InChI=1S/C18H15F6N3O4S/c1-3-31-15(29)13-8(2)25-16(30)27-14(13)32-7-12(28)26-11-5-9(17(19,20)21)4-10(6-11)18(22,23)24/h4-6H,3,7H2,1-2H3,(H,26,28)(H,25,27,30). The van der Waals surface area contributed by atoms with Gasteiger partial charge < -0.3 is 15.0 Å². The van der Waals surface area contributed by atoms with Crippen molar-refractivity contribution in [3.05, 3.63) is 51.1 Å². The molecule has 1 aromatic carbocycles. The highest BCUT2D eigenvalue weighted by Crippen LogP contribution is 2.37. The fraction of sp³-hybridized carbons (Fsp3) is 0.333. The number of halogens is 6. The molecule has 2 rings (SSSR count). The average Bonchev–Trinajstić information content (AvgIpc) is 2.64. The molecule has 0 atom stereocenters. The van der Waals surface area contributed by atoms with Gasteiger partial charge in [0, 0.05) is 11.4 Å². The van der Waals surface area contributed by atoms with Gasteiger partial charge >= 0.3 is 24.0 Å². The third kappa shape index (κ3) is 6.48. The largest absolute Gasteiger partial charge is 0.462 e. The Kier molecular flexibility index (Phi) is 7.59. The Bertz CT molecular complexity index is 1050. The normalized spacial score (nSPS) is 11.9. The summed E-state index contributed by atoms with van der Waals surface area (Å²) in [5, 5.41) is 1.77. The van der Waals surface area contributed by atoms with Gasteiger partial charge in [0.15, 0.2) is 0 Å². The Morgan fingerprint density at radius 3 is 2.16 bits per heavy atom. The molecule has 0 aliphatic heterocycles. The number of nitrogens with one attached hydrogen (secondary N) is 2. The van der Waals surface area contributed by atoms with E-state index in [1.54, 1.807) is 0 Å². The topological polar surface area (TPSA) is 101 Å². The number of hydrogen-bond donors (Lipinski definition) is 2. The van der Waals surface area contributed by atoms with Crippen LogP contribution in [0.1, 0.15) is 34.1 Å². The van der Waals surface area contributed by atoms with Crippen LogP contribution in [0.15, 0.2) is 28.0 Å². The van der Waals surface area contributed by atoms with E-state index >= 15 is 0 Å². The number of alkyl halides is 6. The Hall–Kier alpha value is -3.03. The molecule has 174 valence electrons. The smallest absolute Gasteiger partial charge is 0.416 e. The van der Waals surface area contributed by atoms with Gasteiger partial charge in [-0.3, -0.25) is 4.79 Å². The first-order valence-electron chi connectivity index (χ1n) is 8.72. The van der Waals surface area contributed by atoms with E-state index in [1.807, 2.05) is 5.32 Å². The van der Waals surface area contributed by atoms with Crippen LogP contribution >= 0.6 is 11.8 Å². The third-order valence-electron chi connectivity index (χ3n) is 3.78. The summed E-state index contributed by atoms with van der Waals surface area (Å²) in [6.07, 6.45) is -10.1. The third-order valence-corrected chi connectivity index (χ3v) is 4.75. The summed E-state index contributed by atoms with van der Waals surface area (Å²) in [5.74, 6) is -2.39. The first-order valence-corrected chi connectivity index (χ1v) is 9.71. The van der Waals surface area contributed by atoms with E-state index in [0.29, 0.717) is 23.9 Å². The Morgan fingerprint density at radius 1 is 1.09 bits per heavy atom. The first kappa shape index (κ1) is 25.2. The molecule has 7 nitrogen and oxygen atoms in total. The number of ether oxygens (including phenoxy) is 1. The monoisotopic (exact) mass is 483 g/mol. The number of hydrogen-bond acceptors (Lipinski definition) is 6. The average molecular weight is 483 g/mol. The highest BCUT2D eigenvalue weighted by atomic mass is 32.2. The number of aryl methyl sites for hydroxylation is 1. The molecule has 1 aromatic heterocycles. The van der Waals surface area contributed by atoms with Crippen molar-refractivity contribution in [1.82, 2.24) is 9.97 Å². The summed E-state index contributed by atoms with van der Waals surface area (Å²) in [7, 11) is 0. The number of carbonyl (C=O) groups is 2. The number of aromatic amines is 1. The second-order valence-electron chi connectivity index (χ2n) is 6.20. The Labute approximate surface area is 180 Å². The van der Waals surface area contributed by atoms with Crippen LogP contribution in [0.4, 0.5) is 32.0 Å². The molecular formula is C18H15F6N3O4S. The van der Waals surface area contributed by atoms with Gasteiger partial charge in [-0.1, -0.05) is 11.8 Å². The summed E-state index contributed by atoms with van der Waals surface area (Å²) in [5.41, 5.74) is -4.75. The predicted molar refractivity (Wildman–Crippen MR) is 101 cm³/mol. The minimum absolute atomic E-state index is 0.0130. The summed E-state index contributed by atoms with van der Waals surface area (Å²) >= 11 is 0.588. The summed E-state index contributed by atoms with van der Waals surface area (Å²) < 4.78 is 82.4. The number of nitrogens with zero attached hydrogens (tertiary/aromatic N) is 1. The van der Waals surface area contributed by atoms with Gasteiger partial charge in [0.25, 0.3) is 0 Å². The molecule has 0 saturated heterocycles. The number of benzene rings is 1. The zero-order valence-corrected chi connectivity index (χ0v) is 17.2. The maximum atomic E-state index is 12.9. The van der Waals surface area contributed by atoms with Crippen LogP contribution in [0.5, 0.6) is 0 Å². The number of thioether (sulfide) groups is 1. The number of esters is 1. The van der Waals surface area contributed by atoms with Gasteiger partial charge in [-0.15, -0.1) is 0 Å². The molecule has 0 radical (unpaired) electrons. The molecular weight excluding hydrogens is 468 g/mol. The first-order chi connectivity index (χ1) is 14.7. The molecule has 0 fully saturated rings. The number of rotatable bonds is 6. The predicted octanol–water partition coefficient (Wildman–Crippen LogP) is 4.02. The molecule has 0 aliphatic rings. The van der Waals surface area contributed by atoms with Crippen LogP contribution in [0.25, 0.3) is 0 Å². The van der Waals surface area contributed by atoms with Crippen molar-refractivity contribution >= 4 is 29.3 Å². The van der Waals surface area contributed by atoms with Gasteiger partial charge in [0.05, 0.1) is 23.5 Å². The van der Waals surface area contributed by atoms with Crippen molar-refractivity contribution in [2.45, 2.75) is 31.2 Å². The fourth-order valence-corrected chi connectivity index (χ4v) is 3.33. The number of H-pyrrole nitrogens is 1. The molecule has 0 spiro atoms. The van der Waals surface area contributed by atoms with Crippen molar-refractivity contribution in [2.24, 2.45) is 0 Å². The summed E-state index contributed by atoms with van der Waals surface area (Å²) in [6.45, 7) is 2.94. The maximum Gasteiger partial charge on any atom is 0.416 e. The summed E-state index contributed by atoms with van der Waals surface area (Å²) in [4.78, 5) is 41.7. The van der Waals surface area contributed by atoms with E-state index in [9.17, 15) is 40.7 Å². The highest BCUT2D eigenvalue weighted by molar-refractivity contribution is 8.00. The molecule has 32 heavy (non-hydrogen) atoms. The van der Waals surface area contributed by atoms with Gasteiger partial charge in [-0.2, -0.15) is 31.3 Å². The molecule has 14 heteroatoms. The van der Waals surface area contributed by atoms with E-state index < -0.39 is 52.5 Å². The molecule has 2 aromatic rings. The van der Waals surface area contributed by atoms with Crippen LogP contribution in [-0.4, -0.2) is 34.2 Å². The summed E-state index contributed by atoms with van der Waals surface area (Å²) in [6, 6.07) is 0.647. The van der Waals surface area contributed by atoms with Crippen LogP contribution in [0.3, 0.4) is 0 Å². The lowest BCUT2D eigenvalue weighted by Gasteiger charge is -2.15. The second kappa shape index (κ2) is 9.63. The molecule has 2 N–H and O–H groups in total. The lowest BCUT2D eigenvalue weighted by Crippen LogP contribution is -2.21. The van der Waals surface area contributed by atoms with Gasteiger partial charge in [0.2, 0.25) is 5.91 Å².